The number of imidazole rings is 1. The van der Waals surface area contributed by atoms with Crippen LogP contribution in [0.15, 0.2) is 47.7 Å². The first-order chi connectivity index (χ1) is 14.6. The number of rotatable bonds is 5. The first-order valence-corrected chi connectivity index (χ1v) is 10.8. The van der Waals surface area contributed by atoms with Crippen molar-refractivity contribution >= 4 is 17.4 Å². The van der Waals surface area contributed by atoms with Gasteiger partial charge in [-0.25, -0.2) is 15.0 Å². The molecule has 2 N–H and O–H groups in total. The molecular weight excluding hydrogens is 374 g/mol. The molecule has 4 rings (SSSR count). The summed E-state index contributed by atoms with van der Waals surface area (Å²) in [5.41, 5.74) is 4.31. The van der Waals surface area contributed by atoms with Crippen LogP contribution in [0, 0.1) is 13.8 Å². The molecule has 3 aromatic heterocycles. The number of anilines is 1. The molecule has 30 heavy (non-hydrogen) atoms. The number of guanidine groups is 1. The third-order valence-electron chi connectivity index (χ3n) is 5.54. The molecule has 1 saturated heterocycles. The summed E-state index contributed by atoms with van der Waals surface area (Å²) in [7, 11) is 0. The van der Waals surface area contributed by atoms with Crippen molar-refractivity contribution in [2.24, 2.45) is 4.99 Å². The Morgan fingerprint density at radius 2 is 2.00 bits per heavy atom. The van der Waals surface area contributed by atoms with Gasteiger partial charge in [0.15, 0.2) is 5.96 Å². The van der Waals surface area contributed by atoms with Gasteiger partial charge in [-0.05, 0) is 57.4 Å². The molecule has 0 spiro atoms. The standard InChI is InChI=1S/C23H31N7/c1-4-24-23(26-15-20-16-30-18(3)6-5-7-22(30)27-20)28-19-10-12-29(13-11-19)21-9-8-17(2)14-25-21/h5-9,14,16,19H,4,10-13,15H2,1-3H3,(H2,24,26,28). The largest absolute Gasteiger partial charge is 0.357 e. The Kier molecular flexibility index (Phi) is 6.16. The maximum Gasteiger partial charge on any atom is 0.191 e. The van der Waals surface area contributed by atoms with Crippen molar-refractivity contribution in [3.8, 4) is 0 Å². The number of piperidine rings is 1. The summed E-state index contributed by atoms with van der Waals surface area (Å²) in [6, 6.07) is 10.8. The maximum absolute atomic E-state index is 4.78. The lowest BCUT2D eigenvalue weighted by atomic mass is 10.1. The quantitative estimate of drug-likeness (QED) is 0.504. The monoisotopic (exact) mass is 405 g/mol. The number of nitrogens with one attached hydrogen (secondary N) is 2. The van der Waals surface area contributed by atoms with Crippen LogP contribution in [0.3, 0.4) is 0 Å². The highest BCUT2D eigenvalue weighted by molar-refractivity contribution is 5.80. The second kappa shape index (κ2) is 9.15. The third-order valence-corrected chi connectivity index (χ3v) is 5.54. The summed E-state index contributed by atoms with van der Waals surface area (Å²) in [6.07, 6.45) is 6.14. The first kappa shape index (κ1) is 20.2. The molecule has 3 aromatic rings. The highest BCUT2D eigenvalue weighted by Crippen LogP contribution is 2.18. The molecule has 0 unspecified atom stereocenters. The highest BCUT2D eigenvalue weighted by atomic mass is 15.2. The summed E-state index contributed by atoms with van der Waals surface area (Å²) in [4.78, 5) is 16.4. The fourth-order valence-corrected chi connectivity index (χ4v) is 3.85. The van der Waals surface area contributed by atoms with Crippen LogP contribution in [-0.4, -0.2) is 46.0 Å². The molecule has 1 fully saturated rings. The van der Waals surface area contributed by atoms with E-state index in [0.717, 1.165) is 55.6 Å². The molecule has 4 heterocycles. The molecule has 0 radical (unpaired) electrons. The minimum absolute atomic E-state index is 0.410. The molecule has 7 heteroatoms. The predicted octanol–water partition coefficient (Wildman–Crippen LogP) is 3.07. The molecule has 1 aliphatic rings. The topological polar surface area (TPSA) is 69.8 Å². The van der Waals surface area contributed by atoms with Crippen LogP contribution in [-0.2, 0) is 6.54 Å². The Morgan fingerprint density at radius 1 is 1.17 bits per heavy atom. The molecule has 0 aliphatic carbocycles. The molecular formula is C23H31N7. The molecule has 0 atom stereocenters. The van der Waals surface area contributed by atoms with Crippen molar-refractivity contribution < 1.29 is 0 Å². The van der Waals surface area contributed by atoms with Gasteiger partial charge in [0, 0.05) is 43.8 Å². The Labute approximate surface area is 178 Å². The fraction of sp³-hybridized carbons (Fsp3) is 0.435. The van der Waals surface area contributed by atoms with E-state index >= 15 is 0 Å². The van der Waals surface area contributed by atoms with Gasteiger partial charge in [0.05, 0.1) is 12.2 Å². The lowest BCUT2D eigenvalue weighted by Crippen LogP contribution is -2.48. The maximum atomic E-state index is 4.78. The SMILES string of the molecule is CCNC(=NCc1cn2c(C)cccc2n1)NC1CCN(c2ccc(C)cn2)CC1. The van der Waals surface area contributed by atoms with E-state index in [2.05, 4.69) is 75.1 Å². The van der Waals surface area contributed by atoms with E-state index in [4.69, 9.17) is 4.99 Å². The van der Waals surface area contributed by atoms with E-state index < -0.39 is 0 Å². The number of aryl methyl sites for hydroxylation is 2. The van der Waals surface area contributed by atoms with Crippen LogP contribution in [0.1, 0.15) is 36.7 Å². The highest BCUT2D eigenvalue weighted by Gasteiger charge is 2.20. The average molecular weight is 406 g/mol. The van der Waals surface area contributed by atoms with Crippen molar-refractivity contribution in [3.63, 3.8) is 0 Å². The second-order valence-electron chi connectivity index (χ2n) is 7.92. The fourth-order valence-electron chi connectivity index (χ4n) is 3.85. The van der Waals surface area contributed by atoms with E-state index in [-0.39, 0.29) is 0 Å². The number of pyridine rings is 2. The van der Waals surface area contributed by atoms with Gasteiger partial charge in [0.2, 0.25) is 0 Å². The van der Waals surface area contributed by atoms with Gasteiger partial charge >= 0.3 is 0 Å². The Morgan fingerprint density at radius 3 is 2.70 bits per heavy atom. The number of hydrogen-bond acceptors (Lipinski definition) is 4. The van der Waals surface area contributed by atoms with Crippen LogP contribution >= 0.6 is 0 Å². The summed E-state index contributed by atoms with van der Waals surface area (Å²) < 4.78 is 2.11. The zero-order valence-electron chi connectivity index (χ0n) is 18.1. The van der Waals surface area contributed by atoms with E-state index in [9.17, 15) is 0 Å². The summed E-state index contributed by atoms with van der Waals surface area (Å²) in [5.74, 6) is 1.93. The van der Waals surface area contributed by atoms with Crippen molar-refractivity contribution in [2.75, 3.05) is 24.5 Å². The van der Waals surface area contributed by atoms with E-state index in [1.54, 1.807) is 0 Å². The third kappa shape index (κ3) is 4.72. The van der Waals surface area contributed by atoms with E-state index in [1.165, 1.54) is 11.3 Å². The van der Waals surface area contributed by atoms with Crippen molar-refractivity contribution in [3.05, 3.63) is 59.7 Å². The summed E-state index contributed by atoms with van der Waals surface area (Å²) in [5, 5.41) is 6.98. The van der Waals surface area contributed by atoms with Gasteiger partial charge in [-0.2, -0.15) is 0 Å². The van der Waals surface area contributed by atoms with Gasteiger partial charge in [0.1, 0.15) is 11.5 Å². The minimum Gasteiger partial charge on any atom is -0.357 e. The number of nitrogens with zero attached hydrogens (tertiary/aromatic N) is 5. The average Bonchev–Trinajstić information content (AvgIpc) is 3.18. The molecule has 0 saturated carbocycles. The van der Waals surface area contributed by atoms with Crippen molar-refractivity contribution in [1.82, 2.24) is 25.0 Å². The lowest BCUT2D eigenvalue weighted by molar-refractivity contribution is 0.459. The van der Waals surface area contributed by atoms with Gasteiger partial charge in [-0.3, -0.25) is 0 Å². The van der Waals surface area contributed by atoms with Crippen LogP contribution in [0.5, 0.6) is 0 Å². The van der Waals surface area contributed by atoms with Crippen LogP contribution in [0.25, 0.3) is 5.65 Å². The van der Waals surface area contributed by atoms with E-state index in [1.807, 2.05) is 18.3 Å². The molecule has 0 aromatic carbocycles. The smallest absolute Gasteiger partial charge is 0.191 e. The van der Waals surface area contributed by atoms with Gasteiger partial charge < -0.3 is 19.9 Å². The molecule has 0 bridgehead atoms. The number of aromatic nitrogens is 3. The van der Waals surface area contributed by atoms with Crippen LogP contribution < -0.4 is 15.5 Å². The normalized spacial score (nSPS) is 15.6. The Hall–Kier alpha value is -3.09. The zero-order valence-corrected chi connectivity index (χ0v) is 18.1. The lowest BCUT2D eigenvalue weighted by Gasteiger charge is -2.33. The Balaban J connectivity index is 1.36. The summed E-state index contributed by atoms with van der Waals surface area (Å²) in [6.45, 7) is 9.65. The second-order valence-corrected chi connectivity index (χ2v) is 7.92. The molecule has 158 valence electrons. The van der Waals surface area contributed by atoms with Crippen LogP contribution in [0.2, 0.25) is 0 Å². The minimum atomic E-state index is 0.410. The summed E-state index contributed by atoms with van der Waals surface area (Å²) >= 11 is 0. The number of hydrogen-bond donors (Lipinski definition) is 2. The first-order valence-electron chi connectivity index (χ1n) is 10.8. The molecule has 0 amide bonds. The number of aliphatic imine (C=N–C) groups is 1. The van der Waals surface area contributed by atoms with Gasteiger partial charge in [-0.15, -0.1) is 0 Å². The zero-order chi connectivity index (χ0) is 20.9. The van der Waals surface area contributed by atoms with Crippen LogP contribution in [0.4, 0.5) is 5.82 Å². The van der Waals surface area contributed by atoms with E-state index in [0.29, 0.717) is 12.6 Å². The molecule has 7 nitrogen and oxygen atoms in total. The van der Waals surface area contributed by atoms with Gasteiger partial charge in [0.25, 0.3) is 0 Å². The molecule has 1 aliphatic heterocycles. The van der Waals surface area contributed by atoms with Crippen molar-refractivity contribution in [1.29, 1.82) is 0 Å². The van der Waals surface area contributed by atoms with Gasteiger partial charge in [-0.1, -0.05) is 12.1 Å². The van der Waals surface area contributed by atoms with Crippen molar-refractivity contribution in [2.45, 2.75) is 46.2 Å². The Bertz CT molecular complexity index is 998. The predicted molar refractivity (Wildman–Crippen MR) is 122 cm³/mol. The number of fused-ring (bicyclic) bond motifs is 1.